The molecule has 0 radical (unpaired) electrons. The Labute approximate surface area is 85.0 Å². The van der Waals surface area contributed by atoms with Crippen LogP contribution in [0.2, 0.25) is 0 Å². The van der Waals surface area contributed by atoms with E-state index in [1.807, 2.05) is 4.72 Å². The van der Waals surface area contributed by atoms with Crippen LogP contribution in [0.3, 0.4) is 0 Å². The summed E-state index contributed by atoms with van der Waals surface area (Å²) in [6.07, 6.45) is 0. The quantitative estimate of drug-likeness (QED) is 0.817. The third-order valence-electron chi connectivity index (χ3n) is 1.32. The zero-order valence-corrected chi connectivity index (χ0v) is 8.17. The Morgan fingerprint density at radius 1 is 1.40 bits per heavy atom. The average molecular weight is 238 g/mol. The van der Waals surface area contributed by atoms with Gasteiger partial charge in [0.2, 0.25) is 0 Å². The fourth-order valence-corrected chi connectivity index (χ4v) is 1.36. The molecule has 0 amide bonds. The number of anilines is 1. The molecule has 3 N–H and O–H groups in total. The lowest BCUT2D eigenvalue weighted by Crippen LogP contribution is -2.21. The normalized spacial score (nSPS) is 11.5. The molecule has 0 heterocycles. The summed E-state index contributed by atoms with van der Waals surface area (Å²) < 4.78 is 50.8. The summed E-state index contributed by atoms with van der Waals surface area (Å²) in [6, 6.07) is 5.06. The van der Waals surface area contributed by atoms with Gasteiger partial charge in [-0.05, 0) is 12.1 Å². The largest absolute Gasteiger partial charge is 0.435 e. The minimum Gasteiger partial charge on any atom is -0.435 e. The van der Waals surface area contributed by atoms with Gasteiger partial charge in [0, 0.05) is 6.07 Å². The molecule has 0 unspecified atom stereocenters. The molecule has 1 aromatic carbocycles. The van der Waals surface area contributed by atoms with Gasteiger partial charge < -0.3 is 4.74 Å². The Morgan fingerprint density at radius 2 is 2.07 bits per heavy atom. The minimum absolute atomic E-state index is 0.0515. The van der Waals surface area contributed by atoms with E-state index in [-0.39, 0.29) is 11.4 Å². The Bertz CT molecular complexity index is 436. The zero-order valence-electron chi connectivity index (χ0n) is 7.35. The molecule has 1 aromatic rings. The lowest BCUT2D eigenvalue weighted by Gasteiger charge is -2.07. The fraction of sp³-hybridized carbons (Fsp3) is 0.143. The van der Waals surface area contributed by atoms with Crippen molar-refractivity contribution in [2.45, 2.75) is 6.61 Å². The Kier molecular flexibility index (Phi) is 3.43. The van der Waals surface area contributed by atoms with Crippen molar-refractivity contribution in [1.29, 1.82) is 0 Å². The lowest BCUT2D eigenvalue weighted by molar-refractivity contribution is -0.0497. The minimum atomic E-state index is -3.92. The Morgan fingerprint density at radius 3 is 2.60 bits per heavy atom. The molecule has 0 saturated heterocycles. The maximum absolute atomic E-state index is 11.8. The molecule has 5 nitrogen and oxygen atoms in total. The van der Waals surface area contributed by atoms with Crippen LogP contribution in [0.1, 0.15) is 0 Å². The van der Waals surface area contributed by atoms with Gasteiger partial charge in [-0.25, -0.2) is 5.14 Å². The van der Waals surface area contributed by atoms with Gasteiger partial charge in [0.1, 0.15) is 5.75 Å². The lowest BCUT2D eigenvalue weighted by atomic mass is 10.3. The number of ether oxygens (including phenoxy) is 1. The highest BCUT2D eigenvalue weighted by Gasteiger charge is 2.06. The Balaban J connectivity index is 2.83. The first-order valence-electron chi connectivity index (χ1n) is 3.72. The van der Waals surface area contributed by atoms with Crippen molar-refractivity contribution < 1.29 is 21.9 Å². The van der Waals surface area contributed by atoms with Crippen molar-refractivity contribution in [2.75, 3.05) is 4.72 Å². The summed E-state index contributed by atoms with van der Waals surface area (Å²) >= 11 is 0. The van der Waals surface area contributed by atoms with Gasteiger partial charge in [0.05, 0.1) is 5.69 Å². The molecule has 84 valence electrons. The highest BCUT2D eigenvalue weighted by molar-refractivity contribution is 7.90. The summed E-state index contributed by atoms with van der Waals surface area (Å²) in [6.45, 7) is -2.96. The van der Waals surface area contributed by atoms with Gasteiger partial charge in [-0.15, -0.1) is 0 Å². The van der Waals surface area contributed by atoms with Crippen LogP contribution >= 0.6 is 0 Å². The third-order valence-corrected chi connectivity index (χ3v) is 1.84. The molecule has 0 fully saturated rings. The van der Waals surface area contributed by atoms with Gasteiger partial charge in [-0.1, -0.05) is 6.07 Å². The number of hydrogen-bond donors (Lipinski definition) is 2. The fourth-order valence-electron chi connectivity index (χ4n) is 0.900. The van der Waals surface area contributed by atoms with E-state index < -0.39 is 16.8 Å². The topological polar surface area (TPSA) is 81.4 Å². The molecule has 0 spiro atoms. The van der Waals surface area contributed by atoms with Crippen LogP contribution in [0.4, 0.5) is 14.5 Å². The van der Waals surface area contributed by atoms with Gasteiger partial charge in [0.25, 0.3) is 10.2 Å². The smallest absolute Gasteiger partial charge is 0.387 e. The summed E-state index contributed by atoms with van der Waals surface area (Å²) in [5.41, 5.74) is 0.0515. The number of nitrogens with two attached hydrogens (primary N) is 1. The van der Waals surface area contributed by atoms with Crippen LogP contribution in [0.25, 0.3) is 0 Å². The number of benzene rings is 1. The van der Waals surface area contributed by atoms with E-state index in [9.17, 15) is 17.2 Å². The van der Waals surface area contributed by atoms with E-state index >= 15 is 0 Å². The van der Waals surface area contributed by atoms with Gasteiger partial charge in [-0.2, -0.15) is 17.2 Å². The van der Waals surface area contributed by atoms with E-state index in [2.05, 4.69) is 4.74 Å². The standard InChI is InChI=1S/C7H8F2N2O3S/c8-7(9)14-6-3-1-2-5(4-6)11-15(10,12)13/h1-4,7,11H,(H2,10,12,13). The molecule has 1 rings (SSSR count). The van der Waals surface area contributed by atoms with E-state index in [0.29, 0.717) is 0 Å². The van der Waals surface area contributed by atoms with E-state index in [1.165, 1.54) is 18.2 Å². The first-order chi connectivity index (χ1) is 6.87. The molecule has 0 atom stereocenters. The second kappa shape index (κ2) is 4.41. The molecular formula is C7H8F2N2O3S. The number of alkyl halides is 2. The second-order valence-electron chi connectivity index (χ2n) is 2.55. The van der Waals surface area contributed by atoms with Crippen LogP contribution in [0, 0.1) is 0 Å². The van der Waals surface area contributed by atoms with Crippen molar-refractivity contribution in [1.82, 2.24) is 0 Å². The highest BCUT2D eigenvalue weighted by atomic mass is 32.2. The van der Waals surface area contributed by atoms with Crippen molar-refractivity contribution in [3.05, 3.63) is 24.3 Å². The first kappa shape index (κ1) is 11.7. The van der Waals surface area contributed by atoms with Gasteiger partial charge >= 0.3 is 6.61 Å². The van der Waals surface area contributed by atoms with E-state index in [1.54, 1.807) is 0 Å². The van der Waals surface area contributed by atoms with Crippen molar-refractivity contribution in [3.63, 3.8) is 0 Å². The third kappa shape index (κ3) is 4.56. The van der Waals surface area contributed by atoms with Crippen LogP contribution in [-0.2, 0) is 10.2 Å². The molecule has 15 heavy (non-hydrogen) atoms. The van der Waals surface area contributed by atoms with Gasteiger partial charge in [-0.3, -0.25) is 4.72 Å². The van der Waals surface area contributed by atoms with Gasteiger partial charge in [0.15, 0.2) is 0 Å². The predicted octanol–water partition coefficient (Wildman–Crippen LogP) is 0.903. The molecule has 0 bridgehead atoms. The highest BCUT2D eigenvalue weighted by Crippen LogP contribution is 2.19. The van der Waals surface area contributed by atoms with Crippen LogP contribution in [-0.4, -0.2) is 15.0 Å². The SMILES string of the molecule is NS(=O)(=O)Nc1cccc(OC(F)F)c1. The molecule has 8 heteroatoms. The summed E-state index contributed by atoms with van der Waals surface area (Å²) in [5.74, 6) is -0.154. The molecule has 0 aromatic heterocycles. The Hall–Kier alpha value is -1.41. The van der Waals surface area contributed by atoms with E-state index in [0.717, 1.165) is 6.07 Å². The zero-order chi connectivity index (χ0) is 11.5. The summed E-state index contributed by atoms with van der Waals surface area (Å²) in [4.78, 5) is 0. The summed E-state index contributed by atoms with van der Waals surface area (Å²) in [7, 11) is -3.92. The molecular weight excluding hydrogens is 230 g/mol. The number of hydrogen-bond acceptors (Lipinski definition) is 3. The molecule has 0 aliphatic heterocycles. The van der Waals surface area contributed by atoms with Crippen LogP contribution in [0.5, 0.6) is 5.75 Å². The van der Waals surface area contributed by atoms with Crippen LogP contribution in [0.15, 0.2) is 24.3 Å². The van der Waals surface area contributed by atoms with Crippen molar-refractivity contribution >= 4 is 15.9 Å². The first-order valence-corrected chi connectivity index (χ1v) is 5.27. The predicted molar refractivity (Wildman–Crippen MR) is 49.8 cm³/mol. The average Bonchev–Trinajstić information content (AvgIpc) is 1.99. The van der Waals surface area contributed by atoms with Crippen molar-refractivity contribution in [3.8, 4) is 5.75 Å². The van der Waals surface area contributed by atoms with Crippen molar-refractivity contribution in [2.24, 2.45) is 5.14 Å². The van der Waals surface area contributed by atoms with E-state index in [4.69, 9.17) is 5.14 Å². The maximum Gasteiger partial charge on any atom is 0.387 e. The number of rotatable bonds is 4. The monoisotopic (exact) mass is 238 g/mol. The summed E-state index contributed by atoms with van der Waals surface area (Å²) in [5, 5.41) is 4.69. The van der Waals surface area contributed by atoms with Crippen LogP contribution < -0.4 is 14.6 Å². The molecule has 0 aliphatic carbocycles. The second-order valence-corrected chi connectivity index (χ2v) is 3.85. The molecule has 0 saturated carbocycles. The maximum atomic E-state index is 11.8. The number of nitrogens with one attached hydrogen (secondary N) is 1. The number of halogens is 2. The molecule has 0 aliphatic rings.